The summed E-state index contributed by atoms with van der Waals surface area (Å²) in [6.07, 6.45) is 4.94. The SMILES string of the molecule is O=C([O-])c1ccc(N/N=C\c2ccc3nccnc3c2)cc1. The Morgan fingerprint density at radius 1 is 1.05 bits per heavy atom. The number of nitrogens with zero attached hydrogens (tertiary/aromatic N) is 3. The van der Waals surface area contributed by atoms with Crippen LogP contribution in [-0.2, 0) is 0 Å². The third-order valence-electron chi connectivity index (χ3n) is 3.02. The lowest BCUT2D eigenvalue weighted by atomic mass is 10.2. The third kappa shape index (κ3) is 3.06. The topological polar surface area (TPSA) is 90.3 Å². The molecule has 6 nitrogen and oxygen atoms in total. The standard InChI is InChI=1S/C16H12N4O2/c21-16(22)12-2-4-13(5-3-12)20-19-10-11-1-6-14-15(9-11)18-8-7-17-14/h1-10,20H,(H,21,22)/p-1/b19-10-. The summed E-state index contributed by atoms with van der Waals surface area (Å²) in [7, 11) is 0. The van der Waals surface area contributed by atoms with Crippen LogP contribution in [0.15, 0.2) is 60.0 Å². The van der Waals surface area contributed by atoms with E-state index in [2.05, 4.69) is 20.5 Å². The smallest absolute Gasteiger partial charge is 0.0893 e. The van der Waals surface area contributed by atoms with Crippen LogP contribution in [0.4, 0.5) is 5.69 Å². The summed E-state index contributed by atoms with van der Waals surface area (Å²) in [6, 6.07) is 11.8. The maximum atomic E-state index is 10.6. The Kier molecular flexibility index (Phi) is 3.74. The number of benzene rings is 2. The van der Waals surface area contributed by atoms with Gasteiger partial charge in [0.1, 0.15) is 0 Å². The lowest BCUT2D eigenvalue weighted by molar-refractivity contribution is -0.255. The molecule has 0 aliphatic rings. The second-order valence-electron chi connectivity index (χ2n) is 4.54. The number of rotatable bonds is 4. The van der Waals surface area contributed by atoms with Crippen molar-refractivity contribution in [2.24, 2.45) is 5.10 Å². The molecular weight excluding hydrogens is 280 g/mol. The van der Waals surface area contributed by atoms with Gasteiger partial charge in [0.05, 0.1) is 28.9 Å². The van der Waals surface area contributed by atoms with E-state index >= 15 is 0 Å². The van der Waals surface area contributed by atoms with Crippen LogP contribution < -0.4 is 10.5 Å². The lowest BCUT2D eigenvalue weighted by Crippen LogP contribution is -2.21. The highest BCUT2D eigenvalue weighted by Crippen LogP contribution is 2.11. The fraction of sp³-hybridized carbons (Fsp3) is 0. The fourth-order valence-corrected chi connectivity index (χ4v) is 1.92. The number of carboxylic acid groups (broad SMARTS) is 1. The summed E-state index contributed by atoms with van der Waals surface area (Å²) >= 11 is 0. The molecule has 1 aromatic heterocycles. The van der Waals surface area contributed by atoms with Crippen molar-refractivity contribution < 1.29 is 9.90 Å². The first-order chi connectivity index (χ1) is 10.7. The number of anilines is 1. The molecule has 0 bridgehead atoms. The molecule has 2 aromatic carbocycles. The van der Waals surface area contributed by atoms with Crippen molar-refractivity contribution in [1.82, 2.24) is 9.97 Å². The van der Waals surface area contributed by atoms with Crippen LogP contribution >= 0.6 is 0 Å². The van der Waals surface area contributed by atoms with E-state index in [1.807, 2.05) is 18.2 Å². The molecule has 0 unspecified atom stereocenters. The molecule has 0 spiro atoms. The van der Waals surface area contributed by atoms with Crippen molar-refractivity contribution in [2.45, 2.75) is 0 Å². The number of carbonyl (C=O) groups is 1. The highest BCUT2D eigenvalue weighted by Gasteiger charge is 1.96. The largest absolute Gasteiger partial charge is 0.545 e. The minimum absolute atomic E-state index is 0.127. The van der Waals surface area contributed by atoms with Gasteiger partial charge in [-0.25, -0.2) is 0 Å². The molecule has 1 N–H and O–H groups in total. The predicted octanol–water partition coefficient (Wildman–Crippen LogP) is 1.44. The van der Waals surface area contributed by atoms with Crippen LogP contribution in [0.25, 0.3) is 11.0 Å². The van der Waals surface area contributed by atoms with Gasteiger partial charge in [-0.15, -0.1) is 0 Å². The average Bonchev–Trinajstić information content (AvgIpc) is 2.55. The summed E-state index contributed by atoms with van der Waals surface area (Å²) in [6.45, 7) is 0. The molecule has 0 aliphatic carbocycles. The first-order valence-corrected chi connectivity index (χ1v) is 6.54. The molecule has 0 saturated carbocycles. The maximum absolute atomic E-state index is 10.6. The van der Waals surface area contributed by atoms with Gasteiger partial charge in [0.2, 0.25) is 0 Å². The van der Waals surface area contributed by atoms with Crippen LogP contribution in [-0.4, -0.2) is 22.2 Å². The van der Waals surface area contributed by atoms with E-state index in [0.717, 1.165) is 16.6 Å². The molecule has 3 aromatic rings. The molecule has 3 rings (SSSR count). The summed E-state index contributed by atoms with van der Waals surface area (Å²) in [5, 5.41) is 14.8. The number of nitrogens with one attached hydrogen (secondary N) is 1. The predicted molar refractivity (Wildman–Crippen MR) is 81.5 cm³/mol. The molecule has 0 saturated heterocycles. The third-order valence-corrected chi connectivity index (χ3v) is 3.02. The molecule has 0 atom stereocenters. The molecule has 0 aliphatic heterocycles. The van der Waals surface area contributed by atoms with Crippen molar-refractivity contribution in [2.75, 3.05) is 5.43 Å². The fourth-order valence-electron chi connectivity index (χ4n) is 1.92. The van der Waals surface area contributed by atoms with E-state index in [1.165, 1.54) is 12.1 Å². The minimum atomic E-state index is -1.20. The molecule has 0 fully saturated rings. The van der Waals surface area contributed by atoms with E-state index in [1.54, 1.807) is 30.7 Å². The van der Waals surface area contributed by atoms with Crippen molar-refractivity contribution in [3.63, 3.8) is 0 Å². The van der Waals surface area contributed by atoms with Crippen molar-refractivity contribution >= 4 is 28.9 Å². The maximum Gasteiger partial charge on any atom is 0.0893 e. The number of hydrogen-bond donors (Lipinski definition) is 1. The lowest BCUT2D eigenvalue weighted by Gasteiger charge is -2.04. The first-order valence-electron chi connectivity index (χ1n) is 6.54. The van der Waals surface area contributed by atoms with Gasteiger partial charge in [-0.05, 0) is 35.4 Å². The Labute approximate surface area is 126 Å². The Hall–Kier alpha value is -3.28. The van der Waals surface area contributed by atoms with Gasteiger partial charge >= 0.3 is 0 Å². The molecule has 0 radical (unpaired) electrons. The number of aromatic nitrogens is 2. The zero-order valence-electron chi connectivity index (χ0n) is 11.4. The van der Waals surface area contributed by atoms with Gasteiger partial charge in [0.25, 0.3) is 0 Å². The first kappa shape index (κ1) is 13.7. The summed E-state index contributed by atoms with van der Waals surface area (Å²) < 4.78 is 0. The highest BCUT2D eigenvalue weighted by molar-refractivity contribution is 5.87. The zero-order valence-corrected chi connectivity index (χ0v) is 11.4. The van der Waals surface area contributed by atoms with Gasteiger partial charge in [0, 0.05) is 12.4 Å². The Balaban J connectivity index is 1.71. The number of fused-ring (bicyclic) bond motifs is 1. The van der Waals surface area contributed by atoms with Gasteiger partial charge < -0.3 is 9.90 Å². The molecule has 6 heteroatoms. The van der Waals surface area contributed by atoms with Gasteiger partial charge in [-0.1, -0.05) is 18.2 Å². The summed E-state index contributed by atoms with van der Waals surface area (Å²) in [5.41, 5.74) is 6.14. The van der Waals surface area contributed by atoms with Crippen LogP contribution in [0.1, 0.15) is 15.9 Å². The van der Waals surface area contributed by atoms with E-state index in [0.29, 0.717) is 5.69 Å². The number of hydrogen-bond acceptors (Lipinski definition) is 6. The van der Waals surface area contributed by atoms with Gasteiger partial charge in [-0.2, -0.15) is 5.10 Å². The Bertz CT molecular complexity index is 844. The number of aromatic carboxylic acids is 1. The Morgan fingerprint density at radius 3 is 2.50 bits per heavy atom. The number of hydrazone groups is 1. The van der Waals surface area contributed by atoms with E-state index in [-0.39, 0.29) is 5.56 Å². The van der Waals surface area contributed by atoms with Crippen molar-refractivity contribution in [1.29, 1.82) is 0 Å². The second kappa shape index (κ2) is 6.01. The summed E-state index contributed by atoms with van der Waals surface area (Å²) in [5.74, 6) is -1.20. The second-order valence-corrected chi connectivity index (χ2v) is 4.54. The van der Waals surface area contributed by atoms with Crippen molar-refractivity contribution in [3.05, 3.63) is 66.0 Å². The van der Waals surface area contributed by atoms with Crippen molar-refractivity contribution in [3.8, 4) is 0 Å². The zero-order chi connectivity index (χ0) is 15.4. The van der Waals surface area contributed by atoms with Crippen LogP contribution in [0, 0.1) is 0 Å². The molecule has 1 heterocycles. The summed E-state index contributed by atoms with van der Waals surface area (Å²) in [4.78, 5) is 19.1. The molecular formula is C16H11N4O2-. The molecule has 22 heavy (non-hydrogen) atoms. The van der Waals surface area contributed by atoms with E-state index < -0.39 is 5.97 Å². The monoisotopic (exact) mass is 291 g/mol. The number of carbonyl (C=O) groups excluding carboxylic acids is 1. The van der Waals surface area contributed by atoms with Gasteiger partial charge in [0.15, 0.2) is 0 Å². The molecule has 0 amide bonds. The highest BCUT2D eigenvalue weighted by atomic mass is 16.4. The van der Waals surface area contributed by atoms with E-state index in [9.17, 15) is 9.90 Å². The quantitative estimate of drug-likeness (QED) is 0.580. The molecule has 108 valence electrons. The van der Waals surface area contributed by atoms with E-state index in [4.69, 9.17) is 0 Å². The van der Waals surface area contributed by atoms with Crippen LogP contribution in [0.5, 0.6) is 0 Å². The van der Waals surface area contributed by atoms with Crippen LogP contribution in [0.2, 0.25) is 0 Å². The average molecular weight is 291 g/mol. The Morgan fingerprint density at radius 2 is 1.77 bits per heavy atom. The van der Waals surface area contributed by atoms with Gasteiger partial charge in [-0.3, -0.25) is 15.4 Å². The van der Waals surface area contributed by atoms with Crippen LogP contribution in [0.3, 0.4) is 0 Å². The normalized spacial score (nSPS) is 10.9. The number of carboxylic acids is 1. The minimum Gasteiger partial charge on any atom is -0.545 e.